The highest BCUT2D eigenvalue weighted by Crippen LogP contribution is 2.45. The lowest BCUT2D eigenvalue weighted by atomic mass is 9.92. The number of hydrogen-bond acceptors (Lipinski definition) is 4. The van der Waals surface area contributed by atoms with Crippen LogP contribution in [0.15, 0.2) is 66.2 Å². The van der Waals surface area contributed by atoms with Crippen molar-refractivity contribution in [1.82, 2.24) is 0 Å². The Morgan fingerprint density at radius 1 is 1.06 bits per heavy atom. The lowest BCUT2D eigenvalue weighted by Crippen LogP contribution is -2.29. The van der Waals surface area contributed by atoms with Gasteiger partial charge < -0.3 is 9.84 Å². The molecule has 1 aliphatic heterocycles. The number of rotatable bonds is 4. The van der Waals surface area contributed by atoms with Crippen molar-refractivity contribution >= 4 is 34.7 Å². The van der Waals surface area contributed by atoms with E-state index in [1.54, 1.807) is 37.3 Å². The molecule has 1 saturated heterocycles. The largest absolute Gasteiger partial charge is 0.507 e. The molecule has 168 valence electrons. The number of methoxy groups -OCH3 is 1. The zero-order valence-corrected chi connectivity index (χ0v) is 19.0. The second kappa shape index (κ2) is 8.71. The monoisotopic (exact) mass is 465 g/mol. The average molecular weight is 466 g/mol. The average Bonchev–Trinajstić information content (AvgIpc) is 3.03. The maximum Gasteiger partial charge on any atom is 0.300 e. The van der Waals surface area contributed by atoms with E-state index in [-0.39, 0.29) is 27.6 Å². The van der Waals surface area contributed by atoms with Crippen LogP contribution in [-0.4, -0.2) is 23.9 Å². The van der Waals surface area contributed by atoms with Gasteiger partial charge in [-0.15, -0.1) is 0 Å². The second-order valence-corrected chi connectivity index (χ2v) is 8.24. The van der Waals surface area contributed by atoms with Crippen LogP contribution >= 0.6 is 11.6 Å². The molecule has 1 amide bonds. The number of halogens is 2. The molecule has 1 heterocycles. The van der Waals surface area contributed by atoms with Gasteiger partial charge in [-0.25, -0.2) is 4.39 Å². The molecular formula is C26H21ClFNO4. The number of hydrogen-bond donors (Lipinski definition) is 1. The van der Waals surface area contributed by atoms with Crippen molar-refractivity contribution in [2.45, 2.75) is 19.9 Å². The fourth-order valence-corrected chi connectivity index (χ4v) is 4.52. The minimum atomic E-state index is -0.975. The molecule has 1 fully saturated rings. The lowest BCUT2D eigenvalue weighted by Gasteiger charge is -2.26. The summed E-state index contributed by atoms with van der Waals surface area (Å²) in [6, 6.07) is 15.0. The van der Waals surface area contributed by atoms with Gasteiger partial charge in [-0.1, -0.05) is 41.9 Å². The number of carbonyl (C=O) groups excluding carboxylic acids is 2. The number of ether oxygens (including phenoxy) is 1. The topological polar surface area (TPSA) is 66.8 Å². The van der Waals surface area contributed by atoms with Crippen LogP contribution in [-0.2, 0) is 9.59 Å². The Labute approximate surface area is 195 Å². The number of aliphatic hydroxyl groups excluding tert-OH is 1. The Kier molecular flexibility index (Phi) is 5.95. The zero-order valence-electron chi connectivity index (χ0n) is 18.2. The molecule has 7 heteroatoms. The van der Waals surface area contributed by atoms with Crippen LogP contribution in [0.25, 0.3) is 5.76 Å². The van der Waals surface area contributed by atoms with E-state index < -0.39 is 29.3 Å². The fraction of sp³-hybridized carbons (Fsp3) is 0.154. The summed E-state index contributed by atoms with van der Waals surface area (Å²) in [6.07, 6.45) is 0. The van der Waals surface area contributed by atoms with Crippen molar-refractivity contribution in [2.24, 2.45) is 0 Å². The molecule has 5 nitrogen and oxygen atoms in total. The quantitative estimate of drug-likeness (QED) is 0.303. The number of ketones is 1. The molecule has 1 atom stereocenters. The van der Waals surface area contributed by atoms with Gasteiger partial charge in [0.1, 0.15) is 17.3 Å². The molecular weight excluding hydrogens is 445 g/mol. The molecule has 33 heavy (non-hydrogen) atoms. The van der Waals surface area contributed by atoms with Crippen LogP contribution in [0.3, 0.4) is 0 Å². The van der Waals surface area contributed by atoms with Crippen LogP contribution in [0.2, 0.25) is 5.02 Å². The Bertz CT molecular complexity index is 1320. The molecule has 0 radical (unpaired) electrons. The summed E-state index contributed by atoms with van der Waals surface area (Å²) in [7, 11) is 1.40. The first-order valence-electron chi connectivity index (χ1n) is 10.2. The van der Waals surface area contributed by atoms with Crippen LogP contribution in [0, 0.1) is 19.7 Å². The lowest BCUT2D eigenvalue weighted by molar-refractivity contribution is -0.132. The highest BCUT2D eigenvalue weighted by Gasteiger charge is 2.47. The SMILES string of the molecule is COc1c(Cl)cc(C)cc1/C(O)=C1\C(=O)C(=O)N(c2cccc(F)c2)C1c1ccccc1C. The number of nitrogens with zero attached hydrogens (tertiary/aromatic N) is 1. The highest BCUT2D eigenvalue weighted by atomic mass is 35.5. The van der Waals surface area contributed by atoms with Gasteiger partial charge in [-0.3, -0.25) is 14.5 Å². The molecule has 0 spiro atoms. The third-order valence-electron chi connectivity index (χ3n) is 5.66. The maximum absolute atomic E-state index is 14.0. The normalized spacial score (nSPS) is 17.5. The van der Waals surface area contributed by atoms with E-state index in [9.17, 15) is 19.1 Å². The van der Waals surface area contributed by atoms with Gasteiger partial charge in [0.25, 0.3) is 11.7 Å². The van der Waals surface area contributed by atoms with Crippen molar-refractivity contribution in [3.05, 3.63) is 99.3 Å². The summed E-state index contributed by atoms with van der Waals surface area (Å²) >= 11 is 6.31. The maximum atomic E-state index is 14.0. The predicted octanol–water partition coefficient (Wildman–Crippen LogP) is 5.73. The first-order chi connectivity index (χ1) is 15.7. The molecule has 0 bridgehead atoms. The van der Waals surface area contributed by atoms with Gasteiger partial charge in [0, 0.05) is 5.69 Å². The molecule has 1 unspecified atom stereocenters. The number of carbonyl (C=O) groups is 2. The highest BCUT2D eigenvalue weighted by molar-refractivity contribution is 6.51. The number of aryl methyl sites for hydroxylation is 2. The molecule has 4 rings (SSSR count). The van der Waals surface area contributed by atoms with E-state index >= 15 is 0 Å². The van der Waals surface area contributed by atoms with Gasteiger partial charge in [0.15, 0.2) is 0 Å². The smallest absolute Gasteiger partial charge is 0.300 e. The Morgan fingerprint density at radius 2 is 1.79 bits per heavy atom. The van der Waals surface area contributed by atoms with Crippen LogP contribution < -0.4 is 9.64 Å². The molecule has 3 aromatic rings. The molecule has 1 aliphatic rings. The van der Waals surface area contributed by atoms with Crippen molar-refractivity contribution in [3.63, 3.8) is 0 Å². The summed E-state index contributed by atoms with van der Waals surface area (Å²) in [6.45, 7) is 3.62. The third-order valence-corrected chi connectivity index (χ3v) is 5.94. The van der Waals surface area contributed by atoms with Crippen LogP contribution in [0.4, 0.5) is 10.1 Å². The Morgan fingerprint density at radius 3 is 2.45 bits per heavy atom. The number of benzene rings is 3. The summed E-state index contributed by atoms with van der Waals surface area (Å²) < 4.78 is 19.4. The van der Waals surface area contributed by atoms with Crippen molar-refractivity contribution in [1.29, 1.82) is 0 Å². The van der Waals surface area contributed by atoms with E-state index in [1.807, 2.05) is 19.1 Å². The van der Waals surface area contributed by atoms with Gasteiger partial charge in [-0.2, -0.15) is 0 Å². The van der Waals surface area contributed by atoms with Crippen LogP contribution in [0.5, 0.6) is 5.75 Å². The van der Waals surface area contributed by atoms with Crippen molar-refractivity contribution in [3.8, 4) is 5.75 Å². The van der Waals surface area contributed by atoms with E-state index in [0.29, 0.717) is 5.56 Å². The van der Waals surface area contributed by atoms with Crippen molar-refractivity contribution in [2.75, 3.05) is 12.0 Å². The minimum Gasteiger partial charge on any atom is -0.507 e. The Hall–Kier alpha value is -3.64. The molecule has 1 N–H and O–H groups in total. The van der Waals surface area contributed by atoms with Gasteiger partial charge in [-0.05, 0) is 60.9 Å². The second-order valence-electron chi connectivity index (χ2n) is 7.83. The Balaban J connectivity index is 2.04. The first kappa shape index (κ1) is 22.6. The number of amides is 1. The minimum absolute atomic E-state index is 0.126. The summed E-state index contributed by atoms with van der Waals surface area (Å²) in [5, 5.41) is 11.6. The van der Waals surface area contributed by atoms with E-state index in [2.05, 4.69) is 0 Å². The van der Waals surface area contributed by atoms with Crippen molar-refractivity contribution < 1.29 is 23.8 Å². The molecule has 0 aliphatic carbocycles. The fourth-order valence-electron chi connectivity index (χ4n) is 4.17. The predicted molar refractivity (Wildman–Crippen MR) is 125 cm³/mol. The standard InChI is InChI=1S/C26H21ClFNO4/c1-14-11-19(25(33-3)20(27)12-14)23(30)21-22(18-10-5-4-7-15(18)2)29(26(32)24(21)31)17-9-6-8-16(28)13-17/h4-13,22,30H,1-3H3/b23-21+. The van der Waals surface area contributed by atoms with E-state index in [0.717, 1.165) is 11.1 Å². The van der Waals surface area contributed by atoms with E-state index in [1.165, 1.54) is 30.2 Å². The molecule has 3 aromatic carbocycles. The number of aliphatic hydroxyl groups is 1. The van der Waals surface area contributed by atoms with E-state index in [4.69, 9.17) is 16.3 Å². The third kappa shape index (κ3) is 3.87. The zero-order chi connectivity index (χ0) is 23.9. The summed E-state index contributed by atoms with van der Waals surface area (Å²) in [4.78, 5) is 27.7. The first-order valence-corrected chi connectivity index (χ1v) is 10.6. The number of anilines is 1. The van der Waals surface area contributed by atoms with Gasteiger partial charge in [0.2, 0.25) is 0 Å². The number of Topliss-reactive ketones (excluding diaryl/α,β-unsaturated/α-hetero) is 1. The van der Waals surface area contributed by atoms with Crippen LogP contribution in [0.1, 0.15) is 28.3 Å². The van der Waals surface area contributed by atoms with Gasteiger partial charge >= 0.3 is 0 Å². The molecule has 0 saturated carbocycles. The summed E-state index contributed by atoms with van der Waals surface area (Å²) in [5.74, 6) is -2.54. The van der Waals surface area contributed by atoms with Gasteiger partial charge in [0.05, 0.1) is 29.3 Å². The summed E-state index contributed by atoms with van der Waals surface area (Å²) in [5.41, 5.74) is 2.43. The molecule has 0 aromatic heterocycles.